The topological polar surface area (TPSA) is 3.24 Å². The normalized spacial score (nSPS) is 19.2. The molecular formula is C11H24BN. The van der Waals surface area contributed by atoms with Crippen LogP contribution in [0, 0.1) is 0 Å². The Morgan fingerprint density at radius 2 is 1.31 bits per heavy atom. The Labute approximate surface area is 84.0 Å². The van der Waals surface area contributed by atoms with Crippen LogP contribution in [0.3, 0.4) is 0 Å². The smallest absolute Gasteiger partial charge is 0.223 e. The molecule has 0 bridgehead atoms. The Kier molecular flexibility index (Phi) is 4.31. The van der Waals surface area contributed by atoms with Gasteiger partial charge in [0.2, 0.25) is 6.85 Å². The van der Waals surface area contributed by atoms with Crippen LogP contribution < -0.4 is 0 Å². The molecule has 2 heteroatoms. The Balaban J connectivity index is 2.52. The molecule has 1 saturated heterocycles. The molecule has 13 heavy (non-hydrogen) atoms. The van der Waals surface area contributed by atoms with E-state index in [1.54, 1.807) is 0 Å². The van der Waals surface area contributed by atoms with E-state index < -0.39 is 0 Å². The zero-order valence-electron chi connectivity index (χ0n) is 9.71. The van der Waals surface area contributed by atoms with E-state index in [4.69, 9.17) is 0 Å². The van der Waals surface area contributed by atoms with Crippen molar-refractivity contribution in [2.75, 3.05) is 0 Å². The highest BCUT2D eigenvalue weighted by Crippen LogP contribution is 2.24. The van der Waals surface area contributed by atoms with Gasteiger partial charge in [0.25, 0.3) is 0 Å². The Bertz CT molecular complexity index is 131. The van der Waals surface area contributed by atoms with Crippen molar-refractivity contribution in [1.82, 2.24) is 4.81 Å². The van der Waals surface area contributed by atoms with Crippen molar-refractivity contribution in [3.63, 3.8) is 0 Å². The van der Waals surface area contributed by atoms with Crippen molar-refractivity contribution in [3.8, 4) is 0 Å². The average molecular weight is 181 g/mol. The van der Waals surface area contributed by atoms with Gasteiger partial charge in [0.1, 0.15) is 0 Å². The fourth-order valence-electron chi connectivity index (χ4n) is 2.82. The molecule has 1 fully saturated rings. The maximum Gasteiger partial charge on any atom is 0.223 e. The van der Waals surface area contributed by atoms with E-state index in [0.29, 0.717) is 12.1 Å². The lowest BCUT2D eigenvalue weighted by atomic mass is 9.49. The van der Waals surface area contributed by atoms with Gasteiger partial charge in [-0.05, 0) is 12.1 Å². The van der Waals surface area contributed by atoms with Crippen LogP contribution in [-0.4, -0.2) is 23.7 Å². The molecular weight excluding hydrogens is 157 g/mol. The Morgan fingerprint density at radius 1 is 0.846 bits per heavy atom. The van der Waals surface area contributed by atoms with E-state index in [-0.39, 0.29) is 0 Å². The summed E-state index contributed by atoms with van der Waals surface area (Å²) >= 11 is 0. The average Bonchev–Trinajstić information content (AvgIpc) is 2.04. The highest BCUT2D eigenvalue weighted by atomic mass is 15.1. The second-order valence-corrected chi connectivity index (χ2v) is 4.93. The summed E-state index contributed by atoms with van der Waals surface area (Å²) in [6.07, 6.45) is 7.20. The van der Waals surface area contributed by atoms with Crippen LogP contribution in [0.4, 0.5) is 0 Å². The first-order valence-electron chi connectivity index (χ1n) is 5.90. The summed E-state index contributed by atoms with van der Waals surface area (Å²) in [6, 6.07) is 1.42. The first-order valence-corrected chi connectivity index (χ1v) is 5.90. The van der Waals surface area contributed by atoms with Gasteiger partial charge >= 0.3 is 0 Å². The fourth-order valence-corrected chi connectivity index (χ4v) is 2.82. The summed E-state index contributed by atoms with van der Waals surface area (Å²) in [7, 11) is 0. The molecule has 0 saturated carbocycles. The molecule has 0 aromatic rings. The molecule has 1 rings (SSSR count). The highest BCUT2D eigenvalue weighted by molar-refractivity contribution is 6.56. The van der Waals surface area contributed by atoms with Gasteiger partial charge in [0.05, 0.1) is 0 Å². The van der Waals surface area contributed by atoms with E-state index >= 15 is 0 Å². The van der Waals surface area contributed by atoms with Crippen molar-refractivity contribution in [1.29, 1.82) is 0 Å². The van der Waals surface area contributed by atoms with Crippen LogP contribution in [-0.2, 0) is 0 Å². The Hall–Kier alpha value is 0.0249. The molecule has 0 atom stereocenters. The summed E-state index contributed by atoms with van der Waals surface area (Å²) in [5.74, 6) is 0. The largest absolute Gasteiger partial charge is 0.337 e. The summed E-state index contributed by atoms with van der Waals surface area (Å²) in [6.45, 7) is 10.2. The summed E-state index contributed by atoms with van der Waals surface area (Å²) in [4.78, 5) is 2.69. The highest BCUT2D eigenvalue weighted by Gasteiger charge is 2.28. The Morgan fingerprint density at radius 3 is 1.69 bits per heavy atom. The number of hydrogen-bond acceptors (Lipinski definition) is 1. The molecule has 76 valence electrons. The molecule has 1 heterocycles. The van der Waals surface area contributed by atoms with Crippen molar-refractivity contribution in [2.45, 2.75) is 71.7 Å². The monoisotopic (exact) mass is 181 g/mol. The second kappa shape index (κ2) is 5.04. The van der Waals surface area contributed by atoms with Gasteiger partial charge in [0.15, 0.2) is 0 Å². The molecule has 0 aromatic heterocycles. The minimum Gasteiger partial charge on any atom is -0.337 e. The van der Waals surface area contributed by atoms with Crippen LogP contribution in [0.2, 0.25) is 12.6 Å². The predicted octanol–water partition coefficient (Wildman–Crippen LogP) is 3.28. The minimum absolute atomic E-state index is 0.711. The summed E-state index contributed by atoms with van der Waals surface area (Å²) in [5, 5.41) is 0. The van der Waals surface area contributed by atoms with E-state index in [1.807, 2.05) is 0 Å². The predicted molar refractivity (Wildman–Crippen MR) is 61.3 cm³/mol. The SMILES string of the molecule is CC(C)N(B1CCCCC1)C(C)C. The standard InChI is InChI=1S/C11H24BN/c1-10(2)13(11(3)4)12-8-6-5-7-9-12/h10-11H,5-9H2,1-4H3. The zero-order chi connectivity index (χ0) is 9.84. The van der Waals surface area contributed by atoms with Gasteiger partial charge in [-0.3, -0.25) is 0 Å². The van der Waals surface area contributed by atoms with Crippen molar-refractivity contribution in [3.05, 3.63) is 0 Å². The molecule has 0 spiro atoms. The maximum atomic E-state index is 2.69. The van der Waals surface area contributed by atoms with Crippen LogP contribution in [0.15, 0.2) is 0 Å². The van der Waals surface area contributed by atoms with E-state index in [2.05, 4.69) is 32.5 Å². The van der Waals surface area contributed by atoms with Gasteiger partial charge in [0, 0.05) is 0 Å². The third-order valence-corrected chi connectivity index (χ3v) is 3.19. The van der Waals surface area contributed by atoms with Gasteiger partial charge in [-0.25, -0.2) is 0 Å². The first-order chi connectivity index (χ1) is 6.13. The van der Waals surface area contributed by atoms with Crippen molar-refractivity contribution >= 4 is 6.85 Å². The summed E-state index contributed by atoms with van der Waals surface area (Å²) in [5.41, 5.74) is 0. The zero-order valence-corrected chi connectivity index (χ0v) is 9.71. The minimum atomic E-state index is 0.711. The van der Waals surface area contributed by atoms with Crippen LogP contribution in [0.5, 0.6) is 0 Å². The third kappa shape index (κ3) is 3.01. The van der Waals surface area contributed by atoms with E-state index in [9.17, 15) is 0 Å². The number of hydrogen-bond donors (Lipinski definition) is 0. The number of rotatable bonds is 3. The van der Waals surface area contributed by atoms with Gasteiger partial charge in [-0.15, -0.1) is 0 Å². The molecule has 1 aliphatic heterocycles. The number of nitrogens with zero attached hydrogens (tertiary/aromatic N) is 1. The van der Waals surface area contributed by atoms with Gasteiger partial charge < -0.3 is 4.81 Å². The molecule has 1 nitrogen and oxygen atoms in total. The van der Waals surface area contributed by atoms with Crippen LogP contribution in [0.25, 0.3) is 0 Å². The fraction of sp³-hybridized carbons (Fsp3) is 1.00. The maximum absolute atomic E-state index is 2.69. The van der Waals surface area contributed by atoms with E-state index in [0.717, 1.165) is 6.85 Å². The lowest BCUT2D eigenvalue weighted by molar-refractivity contribution is 0.297. The van der Waals surface area contributed by atoms with Crippen molar-refractivity contribution in [2.24, 2.45) is 0 Å². The third-order valence-electron chi connectivity index (χ3n) is 3.19. The lowest BCUT2D eigenvalue weighted by Crippen LogP contribution is -2.48. The second-order valence-electron chi connectivity index (χ2n) is 4.93. The molecule has 0 aliphatic carbocycles. The van der Waals surface area contributed by atoms with Gasteiger partial charge in [-0.2, -0.15) is 0 Å². The van der Waals surface area contributed by atoms with Crippen LogP contribution >= 0.6 is 0 Å². The van der Waals surface area contributed by atoms with Crippen LogP contribution in [0.1, 0.15) is 47.0 Å². The molecule has 0 radical (unpaired) electrons. The summed E-state index contributed by atoms with van der Waals surface area (Å²) < 4.78 is 0. The molecule has 0 unspecified atom stereocenters. The molecule has 0 aromatic carbocycles. The lowest BCUT2D eigenvalue weighted by Gasteiger charge is -2.38. The van der Waals surface area contributed by atoms with Crippen molar-refractivity contribution < 1.29 is 0 Å². The van der Waals surface area contributed by atoms with Gasteiger partial charge in [-0.1, -0.05) is 59.6 Å². The molecule has 0 amide bonds. The molecule has 0 N–H and O–H groups in total. The van der Waals surface area contributed by atoms with E-state index in [1.165, 1.54) is 31.9 Å². The first kappa shape index (κ1) is 11.1. The molecule has 1 aliphatic rings. The quantitative estimate of drug-likeness (QED) is 0.604.